The van der Waals surface area contributed by atoms with Crippen LogP contribution in [-0.4, -0.2) is 17.2 Å². The molecule has 106 valence electrons. The van der Waals surface area contributed by atoms with Gasteiger partial charge in [0.05, 0.1) is 0 Å². The first-order valence-corrected chi connectivity index (χ1v) is 6.39. The van der Waals surface area contributed by atoms with Crippen LogP contribution in [0.1, 0.15) is 25.0 Å². The highest BCUT2D eigenvalue weighted by Crippen LogP contribution is 2.24. The Morgan fingerprint density at radius 2 is 2.15 bits per heavy atom. The summed E-state index contributed by atoms with van der Waals surface area (Å²) in [4.78, 5) is 22.6. The molecule has 0 spiro atoms. The Balaban J connectivity index is 2.50. The number of carboxylic acids is 1. The van der Waals surface area contributed by atoms with Gasteiger partial charge in [-0.25, -0.2) is 9.59 Å². The fourth-order valence-electron chi connectivity index (χ4n) is 2.11. The molecule has 2 rings (SSSR count). The van der Waals surface area contributed by atoms with Crippen molar-refractivity contribution in [2.75, 3.05) is 0 Å². The predicted molar refractivity (Wildman–Crippen MR) is 74.3 cm³/mol. The van der Waals surface area contributed by atoms with Gasteiger partial charge in [-0.2, -0.15) is 0 Å². The van der Waals surface area contributed by atoms with Gasteiger partial charge in [0.25, 0.3) is 0 Å². The molecule has 1 heterocycles. The van der Waals surface area contributed by atoms with Crippen LogP contribution in [0, 0.1) is 6.92 Å². The number of benzene rings is 1. The molecule has 1 atom stereocenters. The van der Waals surface area contributed by atoms with Gasteiger partial charge in [0.1, 0.15) is 11.3 Å². The molecule has 0 bridgehead atoms. The predicted octanol–water partition coefficient (Wildman–Crippen LogP) is 2.52. The number of carboxylic acid groups (broad SMARTS) is 1. The molecular formula is C15H16O5. The number of hydrogen-bond acceptors (Lipinski definition) is 4. The van der Waals surface area contributed by atoms with Crippen LogP contribution < -0.4 is 10.4 Å². The molecule has 0 amide bonds. The summed E-state index contributed by atoms with van der Waals surface area (Å²) in [7, 11) is 0. The SMILES string of the molecule is CCc1c(C)c2ccc(OC(C)C(=O)O)cc2oc1=O. The first-order chi connectivity index (χ1) is 9.43. The molecule has 5 nitrogen and oxygen atoms in total. The van der Waals surface area contributed by atoms with Crippen LogP contribution in [0.5, 0.6) is 5.75 Å². The second kappa shape index (κ2) is 5.36. The van der Waals surface area contributed by atoms with Crippen LogP contribution >= 0.6 is 0 Å². The van der Waals surface area contributed by atoms with E-state index in [4.69, 9.17) is 14.3 Å². The van der Waals surface area contributed by atoms with Crippen LogP contribution in [0.15, 0.2) is 27.4 Å². The summed E-state index contributed by atoms with van der Waals surface area (Å²) in [5, 5.41) is 9.65. The third kappa shape index (κ3) is 2.52. The van der Waals surface area contributed by atoms with Crippen LogP contribution in [0.3, 0.4) is 0 Å². The van der Waals surface area contributed by atoms with Crippen LogP contribution in [0.25, 0.3) is 11.0 Å². The molecule has 0 saturated carbocycles. The van der Waals surface area contributed by atoms with Crippen molar-refractivity contribution in [2.45, 2.75) is 33.3 Å². The van der Waals surface area contributed by atoms with E-state index < -0.39 is 12.1 Å². The number of aryl methyl sites for hydroxylation is 1. The molecule has 1 N–H and O–H groups in total. The molecule has 1 aromatic heterocycles. The minimum atomic E-state index is -1.05. The molecule has 5 heteroatoms. The van der Waals surface area contributed by atoms with Crippen molar-refractivity contribution in [1.29, 1.82) is 0 Å². The van der Waals surface area contributed by atoms with Gasteiger partial charge in [0.2, 0.25) is 0 Å². The lowest BCUT2D eigenvalue weighted by molar-refractivity contribution is -0.144. The van der Waals surface area contributed by atoms with Crippen LogP contribution in [0.4, 0.5) is 0 Å². The largest absolute Gasteiger partial charge is 0.479 e. The maximum Gasteiger partial charge on any atom is 0.344 e. The summed E-state index contributed by atoms with van der Waals surface area (Å²) in [5.41, 5.74) is 1.59. The highest BCUT2D eigenvalue weighted by atomic mass is 16.5. The van der Waals surface area contributed by atoms with Gasteiger partial charge in [0.15, 0.2) is 6.10 Å². The fourth-order valence-corrected chi connectivity index (χ4v) is 2.11. The standard InChI is InChI=1S/C15H16O5/c1-4-11-8(2)12-6-5-10(19-9(3)14(16)17)7-13(12)20-15(11)18/h5-7,9H,4H2,1-3H3,(H,16,17). The number of rotatable bonds is 4. The molecule has 1 aromatic carbocycles. The minimum absolute atomic E-state index is 0.360. The Morgan fingerprint density at radius 3 is 2.75 bits per heavy atom. The smallest absolute Gasteiger partial charge is 0.344 e. The van der Waals surface area contributed by atoms with Crippen molar-refractivity contribution in [3.63, 3.8) is 0 Å². The Bertz CT molecular complexity index is 714. The average molecular weight is 276 g/mol. The molecular weight excluding hydrogens is 260 g/mol. The number of ether oxygens (including phenoxy) is 1. The zero-order chi connectivity index (χ0) is 14.9. The minimum Gasteiger partial charge on any atom is -0.479 e. The Labute approximate surface area is 115 Å². The third-order valence-corrected chi connectivity index (χ3v) is 3.27. The number of fused-ring (bicyclic) bond motifs is 1. The van der Waals surface area contributed by atoms with Crippen LogP contribution in [0.2, 0.25) is 0 Å². The summed E-state index contributed by atoms with van der Waals surface area (Å²) in [6.07, 6.45) is -0.353. The maximum atomic E-state index is 11.8. The van der Waals surface area contributed by atoms with Gasteiger partial charge >= 0.3 is 11.6 Å². The van der Waals surface area contributed by atoms with Crippen molar-refractivity contribution in [3.8, 4) is 5.75 Å². The van der Waals surface area contributed by atoms with Gasteiger partial charge in [-0.15, -0.1) is 0 Å². The highest BCUT2D eigenvalue weighted by molar-refractivity contribution is 5.82. The van der Waals surface area contributed by atoms with E-state index in [0.717, 1.165) is 10.9 Å². The summed E-state index contributed by atoms with van der Waals surface area (Å²) < 4.78 is 10.5. The second-order valence-electron chi connectivity index (χ2n) is 4.60. The summed E-state index contributed by atoms with van der Waals surface area (Å²) in [6, 6.07) is 4.99. The first-order valence-electron chi connectivity index (χ1n) is 6.39. The zero-order valence-electron chi connectivity index (χ0n) is 11.6. The van der Waals surface area contributed by atoms with E-state index in [1.165, 1.54) is 6.92 Å². The summed E-state index contributed by atoms with van der Waals surface area (Å²) >= 11 is 0. The lowest BCUT2D eigenvalue weighted by Gasteiger charge is -2.11. The van der Waals surface area contributed by atoms with E-state index in [1.54, 1.807) is 18.2 Å². The zero-order valence-corrected chi connectivity index (χ0v) is 11.6. The summed E-state index contributed by atoms with van der Waals surface area (Å²) in [6.45, 7) is 5.21. The molecule has 20 heavy (non-hydrogen) atoms. The molecule has 2 aromatic rings. The Morgan fingerprint density at radius 1 is 1.45 bits per heavy atom. The monoisotopic (exact) mass is 276 g/mol. The maximum absolute atomic E-state index is 11.8. The van der Waals surface area contributed by atoms with Crippen LogP contribution in [-0.2, 0) is 11.2 Å². The highest BCUT2D eigenvalue weighted by Gasteiger charge is 2.14. The number of carbonyl (C=O) groups is 1. The molecule has 0 radical (unpaired) electrons. The van der Waals surface area contributed by atoms with Gasteiger partial charge in [-0.1, -0.05) is 6.92 Å². The molecule has 1 unspecified atom stereocenters. The molecule has 0 aliphatic rings. The normalized spacial score (nSPS) is 12.3. The van der Waals surface area contributed by atoms with Gasteiger partial charge in [-0.3, -0.25) is 0 Å². The first kappa shape index (κ1) is 14.1. The third-order valence-electron chi connectivity index (χ3n) is 3.27. The van der Waals surface area contributed by atoms with Crippen molar-refractivity contribution in [2.24, 2.45) is 0 Å². The van der Waals surface area contributed by atoms with Gasteiger partial charge < -0.3 is 14.3 Å². The fraction of sp³-hybridized carbons (Fsp3) is 0.333. The topological polar surface area (TPSA) is 76.7 Å². The van der Waals surface area contributed by atoms with E-state index in [-0.39, 0.29) is 5.63 Å². The number of hydrogen-bond donors (Lipinski definition) is 1. The average Bonchev–Trinajstić information content (AvgIpc) is 2.38. The lowest BCUT2D eigenvalue weighted by atomic mass is 10.0. The van der Waals surface area contributed by atoms with E-state index >= 15 is 0 Å². The number of aliphatic carboxylic acids is 1. The Kier molecular flexibility index (Phi) is 3.79. The lowest BCUT2D eigenvalue weighted by Crippen LogP contribution is -2.22. The Hall–Kier alpha value is -2.30. The molecule has 0 aliphatic heterocycles. The molecule has 0 fully saturated rings. The van der Waals surface area contributed by atoms with Gasteiger partial charge in [-0.05, 0) is 38.0 Å². The van der Waals surface area contributed by atoms with Crippen molar-refractivity contribution < 1.29 is 19.1 Å². The van der Waals surface area contributed by atoms with E-state index in [0.29, 0.717) is 23.3 Å². The quantitative estimate of drug-likeness (QED) is 0.868. The van der Waals surface area contributed by atoms with Crippen molar-refractivity contribution in [1.82, 2.24) is 0 Å². The summed E-state index contributed by atoms with van der Waals surface area (Å²) in [5.74, 6) is -0.691. The van der Waals surface area contributed by atoms with E-state index in [2.05, 4.69) is 0 Å². The van der Waals surface area contributed by atoms with Crippen molar-refractivity contribution >= 4 is 16.9 Å². The van der Waals surface area contributed by atoms with E-state index in [9.17, 15) is 9.59 Å². The van der Waals surface area contributed by atoms with Gasteiger partial charge in [0, 0.05) is 17.0 Å². The molecule has 0 saturated heterocycles. The molecule has 0 aliphatic carbocycles. The van der Waals surface area contributed by atoms with Crippen molar-refractivity contribution in [3.05, 3.63) is 39.7 Å². The second-order valence-corrected chi connectivity index (χ2v) is 4.60. The van der Waals surface area contributed by atoms with E-state index in [1.807, 2.05) is 13.8 Å².